The Morgan fingerprint density at radius 1 is 1.12 bits per heavy atom. The van der Waals surface area contributed by atoms with E-state index in [9.17, 15) is 13.2 Å². The predicted molar refractivity (Wildman–Crippen MR) is 96.0 cm³/mol. The molecule has 0 unspecified atom stereocenters. The molecule has 1 fully saturated rings. The van der Waals surface area contributed by atoms with Crippen LogP contribution in [0.25, 0.3) is 10.9 Å². The normalized spacial score (nSPS) is 15.9. The van der Waals surface area contributed by atoms with Gasteiger partial charge in [-0.2, -0.15) is 13.2 Å². The van der Waals surface area contributed by atoms with Gasteiger partial charge in [0.1, 0.15) is 11.6 Å². The molecule has 134 valence electrons. The maximum atomic E-state index is 13.3. The van der Waals surface area contributed by atoms with Crippen molar-refractivity contribution >= 4 is 34.1 Å². The lowest BCUT2D eigenvalue weighted by atomic mass is 9.93. The molecule has 1 saturated carbocycles. The van der Waals surface area contributed by atoms with Crippen molar-refractivity contribution in [2.45, 2.75) is 31.4 Å². The molecule has 0 atom stereocenters. The van der Waals surface area contributed by atoms with Crippen molar-refractivity contribution in [3.8, 4) is 0 Å². The number of nitrogens with one attached hydrogen (secondary N) is 1. The van der Waals surface area contributed by atoms with Crippen LogP contribution in [0.1, 0.15) is 24.0 Å². The van der Waals surface area contributed by atoms with E-state index in [1.807, 2.05) is 18.2 Å². The fraction of sp³-hybridized carbons (Fsp3) is 0.263. The second-order valence-electron chi connectivity index (χ2n) is 6.60. The highest BCUT2D eigenvalue weighted by atomic mass is 35.5. The summed E-state index contributed by atoms with van der Waals surface area (Å²) < 4.78 is 40.0. The molecule has 1 N–H and O–H groups in total. The summed E-state index contributed by atoms with van der Waals surface area (Å²) in [6, 6.07) is 10.8. The zero-order valence-electron chi connectivity index (χ0n) is 13.9. The Morgan fingerprint density at radius 2 is 1.88 bits per heavy atom. The van der Waals surface area contributed by atoms with Crippen molar-refractivity contribution in [1.82, 2.24) is 9.97 Å². The van der Waals surface area contributed by atoms with Crippen LogP contribution in [0.5, 0.6) is 0 Å². The highest BCUT2D eigenvalue weighted by Crippen LogP contribution is 2.59. The van der Waals surface area contributed by atoms with Gasteiger partial charge < -0.3 is 5.32 Å². The molecule has 4 rings (SSSR count). The first-order chi connectivity index (χ1) is 12.3. The molecule has 1 aliphatic rings. The first-order valence-corrected chi connectivity index (χ1v) is 8.54. The standard InChI is InChI=1S/C19H15ClF3N3/c1-11-9-16(24-10-13(11)18(7-8-18)19(21,22)23)25-15-6-5-12-3-2-4-14(20)17(12)26-15/h2-6,9-10H,7-8H2,1H3,(H,24,25,26). The first kappa shape index (κ1) is 17.1. The Kier molecular flexibility index (Phi) is 3.84. The lowest BCUT2D eigenvalue weighted by Crippen LogP contribution is -2.29. The molecular formula is C19H15ClF3N3. The highest BCUT2D eigenvalue weighted by Gasteiger charge is 2.64. The van der Waals surface area contributed by atoms with Crippen LogP contribution < -0.4 is 5.32 Å². The van der Waals surface area contributed by atoms with E-state index in [1.54, 1.807) is 25.1 Å². The van der Waals surface area contributed by atoms with Gasteiger partial charge in [-0.25, -0.2) is 9.97 Å². The third kappa shape index (κ3) is 2.78. The highest BCUT2D eigenvalue weighted by molar-refractivity contribution is 6.35. The van der Waals surface area contributed by atoms with Gasteiger partial charge in [0.2, 0.25) is 0 Å². The predicted octanol–water partition coefficient (Wildman–Crippen LogP) is 5.93. The van der Waals surface area contributed by atoms with Crippen molar-refractivity contribution in [1.29, 1.82) is 0 Å². The number of nitrogens with zero attached hydrogens (tertiary/aromatic N) is 2. The molecular weight excluding hydrogens is 363 g/mol. The summed E-state index contributed by atoms with van der Waals surface area (Å²) in [6.45, 7) is 1.68. The van der Waals surface area contributed by atoms with Crippen molar-refractivity contribution in [3.63, 3.8) is 0 Å². The van der Waals surface area contributed by atoms with Crippen LogP contribution in [-0.2, 0) is 5.41 Å². The molecule has 0 spiro atoms. The molecule has 0 aliphatic heterocycles. The van der Waals surface area contributed by atoms with Gasteiger partial charge in [-0.3, -0.25) is 0 Å². The Labute approximate surface area is 153 Å². The number of alkyl halides is 3. The van der Waals surface area contributed by atoms with Crippen molar-refractivity contribution < 1.29 is 13.2 Å². The zero-order valence-corrected chi connectivity index (χ0v) is 14.6. The van der Waals surface area contributed by atoms with Crippen LogP contribution in [0.4, 0.5) is 24.8 Å². The van der Waals surface area contributed by atoms with E-state index in [1.165, 1.54) is 6.20 Å². The van der Waals surface area contributed by atoms with Crippen LogP contribution >= 0.6 is 11.6 Å². The monoisotopic (exact) mass is 377 g/mol. The number of fused-ring (bicyclic) bond motifs is 1. The Morgan fingerprint density at radius 3 is 2.54 bits per heavy atom. The molecule has 1 aromatic carbocycles. The molecule has 3 aromatic rings. The average Bonchev–Trinajstić information content (AvgIpc) is 3.37. The number of hydrogen-bond donors (Lipinski definition) is 1. The largest absolute Gasteiger partial charge is 0.398 e. The van der Waals surface area contributed by atoms with Crippen molar-refractivity contribution in [3.05, 3.63) is 58.7 Å². The summed E-state index contributed by atoms with van der Waals surface area (Å²) >= 11 is 6.17. The molecule has 0 saturated heterocycles. The van der Waals surface area contributed by atoms with Gasteiger partial charge in [-0.05, 0) is 55.2 Å². The number of benzene rings is 1. The molecule has 0 bridgehead atoms. The van der Waals surface area contributed by atoms with Gasteiger partial charge in [0.05, 0.1) is 16.0 Å². The van der Waals surface area contributed by atoms with Crippen LogP contribution in [-0.4, -0.2) is 16.1 Å². The number of anilines is 2. The smallest absolute Gasteiger partial charge is 0.325 e. The first-order valence-electron chi connectivity index (χ1n) is 8.16. The summed E-state index contributed by atoms with van der Waals surface area (Å²) in [5.41, 5.74) is -0.250. The summed E-state index contributed by atoms with van der Waals surface area (Å²) in [7, 11) is 0. The fourth-order valence-corrected chi connectivity index (χ4v) is 3.49. The second-order valence-corrected chi connectivity index (χ2v) is 7.00. The van der Waals surface area contributed by atoms with E-state index >= 15 is 0 Å². The number of aryl methyl sites for hydroxylation is 1. The molecule has 2 heterocycles. The topological polar surface area (TPSA) is 37.8 Å². The van der Waals surface area contributed by atoms with Crippen LogP contribution in [0.3, 0.4) is 0 Å². The van der Waals surface area contributed by atoms with E-state index in [2.05, 4.69) is 15.3 Å². The third-order valence-corrected chi connectivity index (χ3v) is 5.15. The van der Waals surface area contributed by atoms with E-state index in [4.69, 9.17) is 11.6 Å². The summed E-state index contributed by atoms with van der Waals surface area (Å²) in [6.07, 6.45) is -2.68. The average molecular weight is 378 g/mol. The number of pyridine rings is 2. The molecule has 0 radical (unpaired) electrons. The van der Waals surface area contributed by atoms with Gasteiger partial charge >= 0.3 is 6.18 Å². The number of rotatable bonds is 3. The SMILES string of the molecule is Cc1cc(Nc2ccc3cccc(Cl)c3n2)ncc1C1(C(F)(F)F)CC1. The minimum Gasteiger partial charge on any atom is -0.325 e. The van der Waals surface area contributed by atoms with E-state index in [-0.39, 0.29) is 18.4 Å². The maximum absolute atomic E-state index is 13.3. The third-order valence-electron chi connectivity index (χ3n) is 4.85. The van der Waals surface area contributed by atoms with Gasteiger partial charge in [-0.1, -0.05) is 23.7 Å². The Balaban J connectivity index is 1.64. The van der Waals surface area contributed by atoms with Crippen molar-refractivity contribution in [2.75, 3.05) is 5.32 Å². The van der Waals surface area contributed by atoms with Crippen LogP contribution in [0, 0.1) is 6.92 Å². The number of aromatic nitrogens is 2. The minimum atomic E-state index is -4.25. The van der Waals surface area contributed by atoms with Crippen LogP contribution in [0.15, 0.2) is 42.6 Å². The number of hydrogen-bond acceptors (Lipinski definition) is 3. The minimum absolute atomic E-state index is 0.122. The maximum Gasteiger partial charge on any atom is 0.398 e. The van der Waals surface area contributed by atoms with Gasteiger partial charge in [-0.15, -0.1) is 0 Å². The molecule has 0 amide bonds. The van der Waals surface area contributed by atoms with Gasteiger partial charge in [0.25, 0.3) is 0 Å². The van der Waals surface area contributed by atoms with E-state index in [0.29, 0.717) is 27.7 Å². The van der Waals surface area contributed by atoms with Crippen molar-refractivity contribution in [2.24, 2.45) is 0 Å². The molecule has 1 aliphatic carbocycles. The molecule has 7 heteroatoms. The van der Waals surface area contributed by atoms with Crippen LogP contribution in [0.2, 0.25) is 5.02 Å². The number of halogens is 4. The van der Waals surface area contributed by atoms with Gasteiger partial charge in [0.15, 0.2) is 0 Å². The zero-order chi connectivity index (χ0) is 18.5. The fourth-order valence-electron chi connectivity index (χ4n) is 3.27. The van der Waals surface area contributed by atoms with Gasteiger partial charge in [0, 0.05) is 11.6 Å². The summed E-state index contributed by atoms with van der Waals surface area (Å²) in [5, 5.41) is 4.48. The van der Waals surface area contributed by atoms with E-state index in [0.717, 1.165) is 5.39 Å². The Hall–Kier alpha value is -2.34. The number of para-hydroxylation sites is 1. The van der Waals surface area contributed by atoms with E-state index < -0.39 is 11.6 Å². The lowest BCUT2D eigenvalue weighted by Gasteiger charge is -2.21. The summed E-state index contributed by atoms with van der Waals surface area (Å²) in [4.78, 5) is 8.63. The Bertz CT molecular complexity index is 997. The molecule has 2 aromatic heterocycles. The lowest BCUT2D eigenvalue weighted by molar-refractivity contribution is -0.160. The second kappa shape index (κ2) is 5.84. The summed E-state index contributed by atoms with van der Waals surface area (Å²) in [5.74, 6) is 0.977. The quantitative estimate of drug-likeness (QED) is 0.614. The molecule has 3 nitrogen and oxygen atoms in total. The molecule has 26 heavy (non-hydrogen) atoms.